The monoisotopic (exact) mass is 394 g/mol. The second kappa shape index (κ2) is 8.22. The van der Waals surface area contributed by atoms with E-state index in [0.717, 1.165) is 19.3 Å². The Balaban J connectivity index is 1.61. The average Bonchev–Trinajstić information content (AvgIpc) is 2.90. The maximum absolute atomic E-state index is 12.5. The third-order valence-corrected chi connectivity index (χ3v) is 6.62. The summed E-state index contributed by atoms with van der Waals surface area (Å²) in [6.45, 7) is 4.58. The van der Waals surface area contributed by atoms with Crippen molar-refractivity contribution < 1.29 is 13.2 Å². The number of nitrogens with one attached hydrogen (secondary N) is 3. The van der Waals surface area contributed by atoms with Gasteiger partial charge in [0.25, 0.3) is 0 Å². The number of fused-ring (bicyclic) bond motifs is 1. The molecule has 1 atom stereocenters. The van der Waals surface area contributed by atoms with Crippen molar-refractivity contribution in [3.05, 3.63) is 18.5 Å². The van der Waals surface area contributed by atoms with Gasteiger partial charge in [-0.25, -0.2) is 23.2 Å². The van der Waals surface area contributed by atoms with Gasteiger partial charge in [-0.3, -0.25) is 5.32 Å². The predicted octanol–water partition coefficient (Wildman–Crippen LogP) is 1.92. The lowest BCUT2D eigenvalue weighted by Crippen LogP contribution is -2.46. The molecule has 0 radical (unpaired) electrons. The molecule has 3 heterocycles. The maximum atomic E-state index is 12.5. The number of rotatable bonds is 5. The van der Waals surface area contributed by atoms with Crippen LogP contribution in [0, 0.1) is 5.92 Å². The number of carbonyl (C=O) groups is 1. The van der Waals surface area contributed by atoms with E-state index in [9.17, 15) is 13.2 Å². The van der Waals surface area contributed by atoms with Crippen molar-refractivity contribution >= 4 is 33.0 Å². The van der Waals surface area contributed by atoms with Gasteiger partial charge in [0, 0.05) is 25.3 Å². The van der Waals surface area contributed by atoms with E-state index >= 15 is 0 Å². The molecule has 0 spiro atoms. The molecule has 1 saturated heterocycles. The van der Waals surface area contributed by atoms with Gasteiger partial charge in [0.2, 0.25) is 10.0 Å². The van der Waals surface area contributed by atoms with Crippen LogP contribution in [0.2, 0.25) is 0 Å². The molecule has 3 N–H and O–H groups in total. The molecule has 2 aromatic rings. The van der Waals surface area contributed by atoms with Crippen molar-refractivity contribution in [3.63, 3.8) is 0 Å². The zero-order valence-electron chi connectivity index (χ0n) is 15.6. The van der Waals surface area contributed by atoms with E-state index in [4.69, 9.17) is 0 Å². The van der Waals surface area contributed by atoms with Crippen LogP contribution >= 0.6 is 0 Å². The van der Waals surface area contributed by atoms with Gasteiger partial charge in [0.1, 0.15) is 5.52 Å². The smallest absolute Gasteiger partial charge is 0.320 e. The third kappa shape index (κ3) is 5.16. The molecule has 3 rings (SSSR count). The third-order valence-electron chi connectivity index (χ3n) is 4.41. The normalized spacial score (nSPS) is 19.1. The second-order valence-electron chi connectivity index (χ2n) is 7.29. The fourth-order valence-corrected chi connectivity index (χ4v) is 5.10. The Kier molecular flexibility index (Phi) is 5.95. The first-order valence-electron chi connectivity index (χ1n) is 9.19. The molecule has 10 heteroatoms. The predicted molar refractivity (Wildman–Crippen MR) is 104 cm³/mol. The number of aromatic amines is 1. The van der Waals surface area contributed by atoms with E-state index in [-0.39, 0.29) is 17.7 Å². The molecule has 9 nitrogen and oxygen atoms in total. The molecule has 0 aliphatic carbocycles. The molecule has 0 aromatic carbocycles. The SMILES string of the molecule is CC(C)CS(=O)(=O)N1CCCCC(NC(=O)Nc2cnc3[nH]ccc3n2)C1. The van der Waals surface area contributed by atoms with Crippen molar-refractivity contribution in [1.29, 1.82) is 0 Å². The topological polar surface area (TPSA) is 120 Å². The summed E-state index contributed by atoms with van der Waals surface area (Å²) in [6, 6.07) is 1.12. The number of H-pyrrole nitrogens is 1. The molecule has 1 aliphatic heterocycles. The van der Waals surface area contributed by atoms with Crippen molar-refractivity contribution in [3.8, 4) is 0 Å². The molecular weight excluding hydrogens is 368 g/mol. The van der Waals surface area contributed by atoms with Gasteiger partial charge < -0.3 is 10.3 Å². The van der Waals surface area contributed by atoms with Gasteiger partial charge >= 0.3 is 6.03 Å². The van der Waals surface area contributed by atoms with E-state index in [1.807, 2.05) is 13.8 Å². The molecule has 2 amide bonds. The summed E-state index contributed by atoms with van der Waals surface area (Å²) in [5, 5.41) is 5.54. The van der Waals surface area contributed by atoms with Crippen LogP contribution in [0.1, 0.15) is 33.1 Å². The number of aromatic nitrogens is 3. The van der Waals surface area contributed by atoms with Crippen LogP contribution in [0.4, 0.5) is 10.6 Å². The van der Waals surface area contributed by atoms with Crippen LogP contribution in [-0.2, 0) is 10.0 Å². The summed E-state index contributed by atoms with van der Waals surface area (Å²) >= 11 is 0. The summed E-state index contributed by atoms with van der Waals surface area (Å²) in [5.41, 5.74) is 1.31. The van der Waals surface area contributed by atoms with Gasteiger partial charge in [-0.1, -0.05) is 20.3 Å². The number of hydrogen-bond acceptors (Lipinski definition) is 5. The first kappa shape index (κ1) is 19.6. The van der Waals surface area contributed by atoms with Crippen LogP contribution in [-0.4, -0.2) is 58.6 Å². The Labute approximate surface area is 159 Å². The zero-order chi connectivity index (χ0) is 19.4. The summed E-state index contributed by atoms with van der Waals surface area (Å²) < 4.78 is 26.6. The van der Waals surface area contributed by atoms with E-state index in [0.29, 0.717) is 30.1 Å². The molecular formula is C17H26N6O3S. The Bertz CT molecular complexity index is 895. The number of sulfonamides is 1. The zero-order valence-corrected chi connectivity index (χ0v) is 16.4. The van der Waals surface area contributed by atoms with Crippen LogP contribution in [0.5, 0.6) is 0 Å². The molecule has 0 bridgehead atoms. The summed E-state index contributed by atoms with van der Waals surface area (Å²) in [5.74, 6) is 0.533. The Hall–Kier alpha value is -2.20. The Morgan fingerprint density at radius 2 is 2.22 bits per heavy atom. The quantitative estimate of drug-likeness (QED) is 0.715. The van der Waals surface area contributed by atoms with Crippen LogP contribution in [0.3, 0.4) is 0 Å². The highest BCUT2D eigenvalue weighted by atomic mass is 32.2. The summed E-state index contributed by atoms with van der Waals surface area (Å²) in [4.78, 5) is 23.8. The Morgan fingerprint density at radius 1 is 1.41 bits per heavy atom. The number of nitrogens with zero attached hydrogens (tertiary/aromatic N) is 3. The average molecular weight is 395 g/mol. The largest absolute Gasteiger partial charge is 0.345 e. The van der Waals surface area contributed by atoms with Crippen molar-refractivity contribution in [1.82, 2.24) is 24.6 Å². The van der Waals surface area contributed by atoms with Crippen LogP contribution < -0.4 is 10.6 Å². The number of urea groups is 1. The number of carbonyl (C=O) groups excluding carboxylic acids is 1. The highest BCUT2D eigenvalue weighted by Crippen LogP contribution is 2.17. The van der Waals surface area contributed by atoms with E-state index in [2.05, 4.69) is 25.6 Å². The van der Waals surface area contributed by atoms with E-state index in [1.54, 1.807) is 12.3 Å². The fraction of sp³-hybridized carbons (Fsp3) is 0.588. The lowest BCUT2D eigenvalue weighted by Gasteiger charge is -2.25. The number of hydrogen-bond donors (Lipinski definition) is 3. The van der Waals surface area contributed by atoms with E-state index < -0.39 is 16.1 Å². The summed E-state index contributed by atoms with van der Waals surface area (Å²) in [7, 11) is -3.32. The van der Waals surface area contributed by atoms with Gasteiger partial charge in [-0.2, -0.15) is 4.31 Å². The molecule has 27 heavy (non-hydrogen) atoms. The first-order valence-corrected chi connectivity index (χ1v) is 10.8. The standard InChI is InChI=1S/C17H26N6O3S/c1-12(2)11-27(25,26)23-8-4-3-5-13(10-23)20-17(24)22-15-9-19-16-14(21-15)6-7-18-16/h6-7,9,12-13H,3-5,8,10-11H2,1-2H3,(H,18,19)(H2,20,21,22,24). The van der Waals surface area contributed by atoms with Crippen LogP contribution in [0.15, 0.2) is 18.5 Å². The minimum Gasteiger partial charge on any atom is -0.345 e. The molecule has 1 fully saturated rings. The van der Waals surface area contributed by atoms with Crippen molar-refractivity contribution in [2.24, 2.45) is 5.92 Å². The lowest BCUT2D eigenvalue weighted by atomic mass is 10.1. The lowest BCUT2D eigenvalue weighted by molar-refractivity contribution is 0.245. The van der Waals surface area contributed by atoms with Gasteiger partial charge in [0.05, 0.1) is 11.9 Å². The maximum Gasteiger partial charge on any atom is 0.320 e. The minimum absolute atomic E-state index is 0.0647. The van der Waals surface area contributed by atoms with Gasteiger partial charge in [-0.15, -0.1) is 0 Å². The Morgan fingerprint density at radius 3 is 3.00 bits per heavy atom. The highest BCUT2D eigenvalue weighted by molar-refractivity contribution is 7.89. The second-order valence-corrected chi connectivity index (χ2v) is 9.30. The molecule has 148 valence electrons. The highest BCUT2D eigenvalue weighted by Gasteiger charge is 2.28. The van der Waals surface area contributed by atoms with Crippen molar-refractivity contribution in [2.75, 3.05) is 24.2 Å². The minimum atomic E-state index is -3.32. The van der Waals surface area contributed by atoms with Crippen LogP contribution in [0.25, 0.3) is 11.2 Å². The molecule has 1 aliphatic rings. The van der Waals surface area contributed by atoms with Gasteiger partial charge in [0.15, 0.2) is 11.5 Å². The summed E-state index contributed by atoms with van der Waals surface area (Å²) in [6.07, 6.45) is 5.61. The van der Waals surface area contributed by atoms with Crippen molar-refractivity contribution in [2.45, 2.75) is 39.2 Å². The molecule has 1 unspecified atom stereocenters. The van der Waals surface area contributed by atoms with Gasteiger partial charge in [-0.05, 0) is 24.8 Å². The first-order chi connectivity index (χ1) is 12.8. The fourth-order valence-electron chi connectivity index (χ4n) is 3.23. The van der Waals surface area contributed by atoms with E-state index in [1.165, 1.54) is 10.5 Å². The molecule has 0 saturated carbocycles. The number of anilines is 1. The number of amides is 2. The molecule has 2 aromatic heterocycles.